The van der Waals surface area contributed by atoms with E-state index in [2.05, 4.69) is 24.0 Å². The van der Waals surface area contributed by atoms with E-state index in [4.69, 9.17) is 5.26 Å². The molecule has 0 heterocycles. The van der Waals surface area contributed by atoms with E-state index in [9.17, 15) is 4.79 Å². The summed E-state index contributed by atoms with van der Waals surface area (Å²) in [4.78, 5) is 11.2. The minimum Gasteiger partial charge on any atom is -0.326 e. The molecule has 0 radical (unpaired) electrons. The molecule has 0 saturated heterocycles. The third-order valence-corrected chi connectivity index (χ3v) is 2.08. The van der Waals surface area contributed by atoms with Crippen LogP contribution >= 0.6 is 12.6 Å². The summed E-state index contributed by atoms with van der Waals surface area (Å²) >= 11 is 3.97. The Morgan fingerprint density at radius 1 is 1.40 bits per heavy atom. The van der Waals surface area contributed by atoms with Crippen molar-refractivity contribution in [3.63, 3.8) is 0 Å². The molecule has 0 aliphatic rings. The zero-order chi connectivity index (χ0) is 11.1. The van der Waals surface area contributed by atoms with E-state index < -0.39 is 0 Å². The minimum atomic E-state index is -0.0435. The first kappa shape index (κ1) is 11.6. The molecule has 15 heavy (non-hydrogen) atoms. The van der Waals surface area contributed by atoms with Gasteiger partial charge in [-0.2, -0.15) is 17.9 Å². The van der Waals surface area contributed by atoms with E-state index in [1.165, 1.54) is 0 Å². The summed E-state index contributed by atoms with van der Waals surface area (Å²) in [7, 11) is 0. The maximum Gasteiger partial charge on any atom is 0.225 e. The standard InChI is InChI=1S/C11H12N2OS/c12-7-5-9-1-3-10(4-2-9)13-11(14)6-8-15/h1-4,15H,5-6,8H2,(H,13,14). The highest BCUT2D eigenvalue weighted by molar-refractivity contribution is 7.80. The maximum atomic E-state index is 11.2. The van der Waals surface area contributed by atoms with Gasteiger partial charge in [0.25, 0.3) is 0 Å². The zero-order valence-electron chi connectivity index (χ0n) is 8.23. The number of nitrogens with one attached hydrogen (secondary N) is 1. The average Bonchev–Trinajstić information content (AvgIpc) is 2.22. The molecule has 0 spiro atoms. The van der Waals surface area contributed by atoms with Gasteiger partial charge in [-0.25, -0.2) is 0 Å². The summed E-state index contributed by atoms with van der Waals surface area (Å²) < 4.78 is 0. The summed E-state index contributed by atoms with van der Waals surface area (Å²) in [6.45, 7) is 0. The van der Waals surface area contributed by atoms with Crippen molar-refractivity contribution in [2.45, 2.75) is 12.8 Å². The Bertz CT molecular complexity index is 367. The Hall–Kier alpha value is -1.47. The fourth-order valence-corrected chi connectivity index (χ4v) is 1.33. The Morgan fingerprint density at radius 2 is 2.07 bits per heavy atom. The first-order valence-electron chi connectivity index (χ1n) is 4.63. The molecule has 4 heteroatoms. The molecule has 0 aliphatic heterocycles. The molecule has 0 bridgehead atoms. The minimum absolute atomic E-state index is 0.0435. The molecule has 1 amide bonds. The molecule has 1 N–H and O–H groups in total. The molecule has 1 aromatic rings. The van der Waals surface area contributed by atoms with Crippen molar-refractivity contribution in [2.75, 3.05) is 11.1 Å². The summed E-state index contributed by atoms with van der Waals surface area (Å²) in [6, 6.07) is 9.32. The number of hydrogen-bond donors (Lipinski definition) is 2. The lowest BCUT2D eigenvalue weighted by molar-refractivity contribution is -0.115. The molecule has 0 unspecified atom stereocenters. The van der Waals surface area contributed by atoms with Gasteiger partial charge < -0.3 is 5.32 Å². The van der Waals surface area contributed by atoms with Gasteiger partial charge in [-0.15, -0.1) is 0 Å². The Kier molecular flexibility index (Phi) is 4.72. The van der Waals surface area contributed by atoms with Crippen molar-refractivity contribution >= 4 is 24.2 Å². The summed E-state index contributed by atoms with van der Waals surface area (Å²) in [5.74, 6) is 0.497. The second-order valence-electron chi connectivity index (χ2n) is 3.05. The highest BCUT2D eigenvalue weighted by Crippen LogP contribution is 2.10. The number of nitrogens with zero attached hydrogens (tertiary/aromatic N) is 1. The third-order valence-electron chi connectivity index (χ3n) is 1.86. The molecule has 78 valence electrons. The van der Waals surface area contributed by atoms with Crippen molar-refractivity contribution in [3.05, 3.63) is 29.8 Å². The number of thiol groups is 1. The Morgan fingerprint density at radius 3 is 2.60 bits per heavy atom. The van der Waals surface area contributed by atoms with Gasteiger partial charge in [-0.1, -0.05) is 12.1 Å². The number of carbonyl (C=O) groups excluding carboxylic acids is 1. The van der Waals surface area contributed by atoms with Crippen LogP contribution in [-0.2, 0) is 11.2 Å². The van der Waals surface area contributed by atoms with Gasteiger partial charge in [-0.3, -0.25) is 4.79 Å². The van der Waals surface area contributed by atoms with Crippen LogP contribution in [0.4, 0.5) is 5.69 Å². The smallest absolute Gasteiger partial charge is 0.225 e. The van der Waals surface area contributed by atoms with Crippen molar-refractivity contribution in [3.8, 4) is 6.07 Å². The Labute approximate surface area is 94.5 Å². The predicted octanol–water partition coefficient (Wildman–Crippen LogP) is 2.01. The zero-order valence-corrected chi connectivity index (χ0v) is 9.13. The summed E-state index contributed by atoms with van der Waals surface area (Å²) in [5, 5.41) is 11.2. The number of nitriles is 1. The SMILES string of the molecule is N#CCc1ccc(NC(=O)CCS)cc1. The van der Waals surface area contributed by atoms with E-state index >= 15 is 0 Å². The Balaban J connectivity index is 2.57. The largest absolute Gasteiger partial charge is 0.326 e. The molecule has 0 atom stereocenters. The molecule has 0 aromatic heterocycles. The fourth-order valence-electron chi connectivity index (χ4n) is 1.12. The van der Waals surface area contributed by atoms with Crippen molar-refractivity contribution in [1.29, 1.82) is 5.26 Å². The molecule has 0 saturated carbocycles. The van der Waals surface area contributed by atoms with E-state index in [1.807, 2.05) is 12.1 Å². The lowest BCUT2D eigenvalue weighted by Crippen LogP contribution is -2.11. The monoisotopic (exact) mass is 220 g/mol. The quantitative estimate of drug-likeness (QED) is 0.763. The molecular weight excluding hydrogens is 208 g/mol. The number of amides is 1. The lowest BCUT2D eigenvalue weighted by atomic mass is 10.1. The average molecular weight is 220 g/mol. The second-order valence-corrected chi connectivity index (χ2v) is 3.50. The van der Waals surface area contributed by atoms with Gasteiger partial charge in [0.2, 0.25) is 5.91 Å². The maximum absolute atomic E-state index is 11.2. The molecule has 3 nitrogen and oxygen atoms in total. The molecule has 1 aromatic carbocycles. The van der Waals surface area contributed by atoms with Crippen LogP contribution in [0.25, 0.3) is 0 Å². The van der Waals surface area contributed by atoms with Crippen LogP contribution in [-0.4, -0.2) is 11.7 Å². The third kappa shape index (κ3) is 4.05. The second kappa shape index (κ2) is 6.10. The highest BCUT2D eigenvalue weighted by Gasteiger charge is 2.00. The van der Waals surface area contributed by atoms with Gasteiger partial charge in [0.05, 0.1) is 12.5 Å². The molecule has 1 rings (SSSR count). The van der Waals surface area contributed by atoms with E-state index in [-0.39, 0.29) is 5.91 Å². The number of benzene rings is 1. The predicted molar refractivity (Wildman–Crippen MR) is 62.9 cm³/mol. The molecular formula is C11H12N2OS. The lowest BCUT2D eigenvalue weighted by Gasteiger charge is -2.04. The fraction of sp³-hybridized carbons (Fsp3) is 0.273. The number of hydrogen-bond acceptors (Lipinski definition) is 3. The van der Waals surface area contributed by atoms with E-state index in [0.29, 0.717) is 18.6 Å². The van der Waals surface area contributed by atoms with Crippen molar-refractivity contribution < 1.29 is 4.79 Å². The first-order valence-corrected chi connectivity index (χ1v) is 5.26. The first-order chi connectivity index (χ1) is 7.26. The van der Waals surface area contributed by atoms with Crippen LogP contribution in [0.3, 0.4) is 0 Å². The number of carbonyl (C=O) groups is 1. The van der Waals surface area contributed by atoms with Crippen LogP contribution in [0, 0.1) is 11.3 Å². The van der Waals surface area contributed by atoms with Crippen molar-refractivity contribution in [2.24, 2.45) is 0 Å². The van der Waals surface area contributed by atoms with Crippen LogP contribution in [0.1, 0.15) is 12.0 Å². The number of anilines is 1. The van der Waals surface area contributed by atoms with E-state index in [1.54, 1.807) is 12.1 Å². The highest BCUT2D eigenvalue weighted by atomic mass is 32.1. The van der Waals surface area contributed by atoms with Gasteiger partial charge in [0.15, 0.2) is 0 Å². The summed E-state index contributed by atoms with van der Waals surface area (Å²) in [5.41, 5.74) is 1.70. The molecule has 0 fully saturated rings. The normalized spacial score (nSPS) is 9.33. The van der Waals surface area contributed by atoms with Gasteiger partial charge >= 0.3 is 0 Å². The molecule has 0 aliphatic carbocycles. The van der Waals surface area contributed by atoms with Gasteiger partial charge in [0.1, 0.15) is 0 Å². The van der Waals surface area contributed by atoms with Gasteiger partial charge in [0, 0.05) is 12.1 Å². The van der Waals surface area contributed by atoms with Crippen LogP contribution in [0.2, 0.25) is 0 Å². The summed E-state index contributed by atoms with van der Waals surface area (Å²) in [6.07, 6.45) is 0.800. The van der Waals surface area contributed by atoms with Crippen LogP contribution in [0.15, 0.2) is 24.3 Å². The number of rotatable bonds is 4. The van der Waals surface area contributed by atoms with Crippen molar-refractivity contribution in [1.82, 2.24) is 0 Å². The van der Waals surface area contributed by atoms with Crippen LogP contribution in [0.5, 0.6) is 0 Å². The van der Waals surface area contributed by atoms with Gasteiger partial charge in [-0.05, 0) is 23.4 Å². The van der Waals surface area contributed by atoms with Crippen LogP contribution < -0.4 is 5.32 Å². The van der Waals surface area contributed by atoms with E-state index in [0.717, 1.165) is 11.3 Å². The topological polar surface area (TPSA) is 52.9 Å².